The number of ether oxygens (including phenoxy) is 1. The molecule has 0 saturated carbocycles. The standard InChI is InChI=1S/C5H5ClF4O/c1-2-3-11-5(9,10)4(6,7)8/h2H,1,3H2. The summed E-state index contributed by atoms with van der Waals surface area (Å²) in [5.41, 5.74) is 0. The first-order valence-corrected chi connectivity index (χ1v) is 2.88. The average molecular weight is 193 g/mol. The molecular formula is C5H5ClF4O. The molecule has 11 heavy (non-hydrogen) atoms. The Bertz CT molecular complexity index is 142. The lowest BCUT2D eigenvalue weighted by Crippen LogP contribution is -2.38. The van der Waals surface area contributed by atoms with E-state index in [2.05, 4.69) is 22.9 Å². The van der Waals surface area contributed by atoms with E-state index in [4.69, 9.17) is 0 Å². The Balaban J connectivity index is 4.10. The van der Waals surface area contributed by atoms with Crippen LogP contribution in [0.25, 0.3) is 0 Å². The first kappa shape index (κ1) is 10.7. The minimum atomic E-state index is -4.68. The molecule has 66 valence electrons. The fourth-order valence-corrected chi connectivity index (χ4v) is 0.300. The van der Waals surface area contributed by atoms with Crippen molar-refractivity contribution >= 4 is 11.6 Å². The van der Waals surface area contributed by atoms with Gasteiger partial charge in [-0.3, -0.25) is 0 Å². The van der Waals surface area contributed by atoms with Gasteiger partial charge in [-0.2, -0.15) is 17.6 Å². The van der Waals surface area contributed by atoms with Crippen LogP contribution < -0.4 is 0 Å². The monoisotopic (exact) mass is 192 g/mol. The summed E-state index contributed by atoms with van der Waals surface area (Å²) in [6.07, 6.45) is -3.74. The van der Waals surface area contributed by atoms with Crippen LogP contribution in [0, 0.1) is 0 Å². The molecule has 0 aliphatic rings. The maximum absolute atomic E-state index is 12.0. The van der Waals surface area contributed by atoms with Crippen LogP contribution in [-0.2, 0) is 4.74 Å². The third kappa shape index (κ3) is 3.07. The van der Waals surface area contributed by atoms with Gasteiger partial charge in [-0.25, -0.2) is 0 Å². The van der Waals surface area contributed by atoms with E-state index >= 15 is 0 Å². The Morgan fingerprint density at radius 3 is 2.09 bits per heavy atom. The molecule has 0 heterocycles. The van der Waals surface area contributed by atoms with Crippen LogP contribution in [0.5, 0.6) is 0 Å². The zero-order valence-corrected chi connectivity index (χ0v) is 6.05. The van der Waals surface area contributed by atoms with Crippen molar-refractivity contribution in [1.82, 2.24) is 0 Å². The predicted molar refractivity (Wildman–Crippen MR) is 31.9 cm³/mol. The summed E-state index contributed by atoms with van der Waals surface area (Å²) in [6, 6.07) is 0. The fourth-order valence-electron chi connectivity index (χ4n) is 0.245. The van der Waals surface area contributed by atoms with E-state index in [1.165, 1.54) is 0 Å². The van der Waals surface area contributed by atoms with E-state index in [0.717, 1.165) is 6.08 Å². The molecule has 0 radical (unpaired) electrons. The van der Waals surface area contributed by atoms with Gasteiger partial charge >= 0.3 is 11.5 Å². The highest BCUT2D eigenvalue weighted by Gasteiger charge is 2.56. The van der Waals surface area contributed by atoms with Gasteiger partial charge in [0.1, 0.15) is 0 Å². The Kier molecular flexibility index (Phi) is 3.31. The minimum Gasteiger partial charge on any atom is -0.310 e. The van der Waals surface area contributed by atoms with Gasteiger partial charge < -0.3 is 4.74 Å². The third-order valence-corrected chi connectivity index (χ3v) is 0.932. The zero-order chi connectivity index (χ0) is 9.12. The Hall–Kier alpha value is -0.290. The highest BCUT2D eigenvalue weighted by Crippen LogP contribution is 2.38. The maximum atomic E-state index is 12.0. The lowest BCUT2D eigenvalue weighted by Gasteiger charge is -2.19. The van der Waals surface area contributed by atoms with Crippen molar-refractivity contribution in [2.24, 2.45) is 0 Å². The van der Waals surface area contributed by atoms with E-state index in [-0.39, 0.29) is 0 Å². The van der Waals surface area contributed by atoms with Gasteiger partial charge in [0.15, 0.2) is 0 Å². The Morgan fingerprint density at radius 2 is 1.82 bits per heavy atom. The number of alkyl halides is 5. The predicted octanol–water partition coefficient (Wildman–Crippen LogP) is 2.61. The molecule has 0 unspecified atom stereocenters. The molecule has 0 aliphatic carbocycles. The normalized spacial score (nSPS) is 13.2. The molecule has 0 aromatic rings. The van der Waals surface area contributed by atoms with Crippen LogP contribution in [0.1, 0.15) is 0 Å². The molecule has 0 N–H and O–H groups in total. The summed E-state index contributed by atoms with van der Waals surface area (Å²) in [5, 5.41) is -4.68. The van der Waals surface area contributed by atoms with Crippen molar-refractivity contribution in [2.45, 2.75) is 11.5 Å². The summed E-state index contributed by atoms with van der Waals surface area (Å²) < 4.78 is 50.7. The van der Waals surface area contributed by atoms with E-state index in [9.17, 15) is 17.6 Å². The van der Waals surface area contributed by atoms with Crippen molar-refractivity contribution in [3.63, 3.8) is 0 Å². The number of halogens is 5. The number of hydrogen-bond donors (Lipinski definition) is 0. The SMILES string of the molecule is C=CCOC(F)(F)C(F)(F)Cl. The largest absolute Gasteiger partial charge is 0.435 e. The van der Waals surface area contributed by atoms with Crippen LogP contribution in [-0.4, -0.2) is 18.1 Å². The van der Waals surface area contributed by atoms with Crippen molar-refractivity contribution in [3.8, 4) is 0 Å². The smallest absolute Gasteiger partial charge is 0.310 e. The summed E-state index contributed by atoms with van der Waals surface area (Å²) in [6.45, 7) is 2.31. The van der Waals surface area contributed by atoms with E-state index in [1.54, 1.807) is 0 Å². The van der Waals surface area contributed by atoms with Gasteiger partial charge in [0.05, 0.1) is 6.61 Å². The van der Waals surface area contributed by atoms with E-state index in [0.29, 0.717) is 0 Å². The van der Waals surface area contributed by atoms with Crippen LogP contribution in [0.4, 0.5) is 17.6 Å². The van der Waals surface area contributed by atoms with Gasteiger partial charge in [-0.15, -0.1) is 6.58 Å². The number of rotatable bonds is 4. The summed E-state index contributed by atoms with van der Waals surface area (Å²) >= 11 is 4.02. The molecule has 0 fully saturated rings. The average Bonchev–Trinajstić information content (AvgIpc) is 1.81. The Morgan fingerprint density at radius 1 is 1.36 bits per heavy atom. The lowest BCUT2D eigenvalue weighted by atomic mass is 10.6. The second kappa shape index (κ2) is 3.40. The van der Waals surface area contributed by atoms with Crippen LogP contribution in [0.2, 0.25) is 0 Å². The first-order valence-electron chi connectivity index (χ1n) is 2.50. The molecule has 0 aliphatic heterocycles. The second-order valence-corrected chi connectivity index (χ2v) is 2.09. The van der Waals surface area contributed by atoms with Gasteiger partial charge in [0.2, 0.25) is 0 Å². The molecule has 0 aromatic carbocycles. The highest BCUT2D eigenvalue weighted by atomic mass is 35.5. The fraction of sp³-hybridized carbons (Fsp3) is 0.600. The highest BCUT2D eigenvalue weighted by molar-refractivity contribution is 6.22. The second-order valence-electron chi connectivity index (χ2n) is 1.61. The first-order chi connectivity index (χ1) is 4.81. The zero-order valence-electron chi connectivity index (χ0n) is 5.29. The molecule has 6 heteroatoms. The molecule has 0 amide bonds. The van der Waals surface area contributed by atoms with Crippen molar-refractivity contribution in [3.05, 3.63) is 12.7 Å². The topological polar surface area (TPSA) is 9.23 Å². The van der Waals surface area contributed by atoms with Crippen LogP contribution in [0.15, 0.2) is 12.7 Å². The van der Waals surface area contributed by atoms with Crippen molar-refractivity contribution < 1.29 is 22.3 Å². The Labute approximate surface area is 65.6 Å². The van der Waals surface area contributed by atoms with Gasteiger partial charge in [-0.1, -0.05) is 6.08 Å². The molecule has 0 spiro atoms. The maximum Gasteiger partial charge on any atom is 0.435 e. The minimum absolute atomic E-state index is 0.685. The molecule has 0 saturated heterocycles. The quantitative estimate of drug-likeness (QED) is 0.378. The van der Waals surface area contributed by atoms with Gasteiger partial charge in [0.25, 0.3) is 0 Å². The van der Waals surface area contributed by atoms with Gasteiger partial charge in [0, 0.05) is 0 Å². The van der Waals surface area contributed by atoms with Crippen LogP contribution >= 0.6 is 11.6 Å². The summed E-state index contributed by atoms with van der Waals surface area (Å²) in [7, 11) is 0. The molecule has 0 aromatic heterocycles. The molecule has 1 nitrogen and oxygen atoms in total. The molecular weight excluding hydrogens is 187 g/mol. The third-order valence-electron chi connectivity index (χ3n) is 0.712. The summed E-state index contributed by atoms with van der Waals surface area (Å²) in [4.78, 5) is 0. The van der Waals surface area contributed by atoms with Crippen LogP contribution in [0.3, 0.4) is 0 Å². The van der Waals surface area contributed by atoms with Crippen molar-refractivity contribution in [1.29, 1.82) is 0 Å². The van der Waals surface area contributed by atoms with Crippen molar-refractivity contribution in [2.75, 3.05) is 6.61 Å². The summed E-state index contributed by atoms with van der Waals surface area (Å²) in [5.74, 6) is 0. The molecule has 0 bridgehead atoms. The molecule has 0 rings (SSSR count). The van der Waals surface area contributed by atoms with E-state index in [1.807, 2.05) is 0 Å². The van der Waals surface area contributed by atoms with E-state index < -0.39 is 18.1 Å². The van der Waals surface area contributed by atoms with Gasteiger partial charge in [-0.05, 0) is 11.6 Å². The lowest BCUT2D eigenvalue weighted by molar-refractivity contribution is -0.313. The number of hydrogen-bond acceptors (Lipinski definition) is 1. The molecule has 0 atom stereocenters.